The van der Waals surface area contributed by atoms with Crippen LogP contribution >= 0.6 is 0 Å². The van der Waals surface area contributed by atoms with Gasteiger partial charge < -0.3 is 14.0 Å². The molecule has 1 aromatic rings. The number of aromatic nitrogens is 2. The number of hydrogen-bond donors (Lipinski definition) is 0. The van der Waals surface area contributed by atoms with Gasteiger partial charge in [-0.1, -0.05) is 0 Å². The summed E-state index contributed by atoms with van der Waals surface area (Å²) in [6, 6.07) is 1.68. The van der Waals surface area contributed by atoms with Crippen molar-refractivity contribution in [1.29, 1.82) is 0 Å². The molecule has 1 aromatic heterocycles. The Kier molecular flexibility index (Phi) is 3.36. The lowest BCUT2D eigenvalue weighted by Crippen LogP contribution is -2.41. The van der Waals surface area contributed by atoms with Crippen molar-refractivity contribution in [2.24, 2.45) is 0 Å². The largest absolute Gasteiger partial charge is 0.514 e. The summed E-state index contributed by atoms with van der Waals surface area (Å²) in [6.45, 7) is 9.13. The first kappa shape index (κ1) is 14.0. The summed E-state index contributed by atoms with van der Waals surface area (Å²) in [7, 11) is -0.595. The second-order valence-electron chi connectivity index (χ2n) is 5.45. The van der Waals surface area contributed by atoms with Gasteiger partial charge in [-0.2, -0.15) is 0 Å². The number of ether oxygens (including phenoxy) is 1. The van der Waals surface area contributed by atoms with Crippen molar-refractivity contribution in [1.82, 2.24) is 9.97 Å². The average molecular weight is 264 g/mol. The van der Waals surface area contributed by atoms with Gasteiger partial charge >= 0.3 is 19.1 Å². The molecule has 0 aliphatic carbocycles. The smallest absolute Gasteiger partial charge is 0.398 e. The Morgan fingerprint density at radius 1 is 1.26 bits per heavy atom. The van der Waals surface area contributed by atoms with Crippen molar-refractivity contribution in [3.63, 3.8) is 0 Å². The maximum absolute atomic E-state index is 10.9. The van der Waals surface area contributed by atoms with Crippen LogP contribution in [0.3, 0.4) is 0 Å². The van der Waals surface area contributed by atoms with Crippen molar-refractivity contribution in [2.45, 2.75) is 45.8 Å². The minimum absolute atomic E-state index is 0.000266. The molecule has 0 amide bonds. The Labute approximate surface area is 112 Å². The quantitative estimate of drug-likeness (QED) is 0.578. The van der Waals surface area contributed by atoms with E-state index in [1.807, 2.05) is 27.7 Å². The highest BCUT2D eigenvalue weighted by molar-refractivity contribution is 6.61. The van der Waals surface area contributed by atoms with E-state index in [1.165, 1.54) is 13.1 Å². The van der Waals surface area contributed by atoms with Crippen LogP contribution in [0.4, 0.5) is 0 Å². The summed E-state index contributed by atoms with van der Waals surface area (Å²) < 4.78 is 16.6. The summed E-state index contributed by atoms with van der Waals surface area (Å²) in [5.74, 6) is -0.467. The maximum atomic E-state index is 10.9. The molecule has 0 bridgehead atoms. The third-order valence-corrected chi connectivity index (χ3v) is 3.38. The third-order valence-electron chi connectivity index (χ3n) is 3.38. The van der Waals surface area contributed by atoms with E-state index in [-0.39, 0.29) is 6.01 Å². The van der Waals surface area contributed by atoms with Crippen LogP contribution in [0.25, 0.3) is 0 Å². The van der Waals surface area contributed by atoms with Crippen molar-refractivity contribution in [3.8, 4) is 6.01 Å². The van der Waals surface area contributed by atoms with Gasteiger partial charge in [-0.25, -0.2) is 9.97 Å². The van der Waals surface area contributed by atoms with E-state index >= 15 is 0 Å². The van der Waals surface area contributed by atoms with E-state index in [0.29, 0.717) is 5.59 Å². The Bertz CT molecular complexity index is 488. The Hall–Kier alpha value is -1.47. The van der Waals surface area contributed by atoms with Gasteiger partial charge in [-0.3, -0.25) is 4.79 Å². The molecule has 7 heteroatoms. The topological polar surface area (TPSA) is 70.5 Å². The molecule has 1 aliphatic rings. The Morgan fingerprint density at radius 3 is 2.37 bits per heavy atom. The molecule has 0 saturated carbocycles. The van der Waals surface area contributed by atoms with Gasteiger partial charge in [0.05, 0.1) is 16.8 Å². The molecule has 0 N–H and O–H groups in total. The van der Waals surface area contributed by atoms with Gasteiger partial charge in [0.25, 0.3) is 0 Å². The molecular formula is C12H17BN2O4. The van der Waals surface area contributed by atoms with Crippen LogP contribution < -0.4 is 10.3 Å². The molecule has 1 saturated heterocycles. The number of esters is 1. The fourth-order valence-corrected chi connectivity index (χ4v) is 1.63. The number of carbonyl (C=O) groups excluding carboxylic acids is 1. The first-order chi connectivity index (χ1) is 8.71. The number of hydrogen-bond acceptors (Lipinski definition) is 6. The average Bonchev–Trinajstić information content (AvgIpc) is 2.47. The molecule has 2 heterocycles. The van der Waals surface area contributed by atoms with Crippen molar-refractivity contribution in [2.75, 3.05) is 0 Å². The predicted octanol–water partition coefficient (Wildman–Crippen LogP) is 0.701. The van der Waals surface area contributed by atoms with E-state index in [0.717, 1.165) is 0 Å². The number of rotatable bonds is 2. The highest BCUT2D eigenvalue weighted by atomic mass is 16.7. The molecule has 6 nitrogen and oxygen atoms in total. The van der Waals surface area contributed by atoms with Gasteiger partial charge in [0.1, 0.15) is 0 Å². The predicted molar refractivity (Wildman–Crippen MR) is 69.1 cm³/mol. The van der Waals surface area contributed by atoms with E-state index in [2.05, 4.69) is 9.97 Å². The number of nitrogens with zero attached hydrogens (tertiary/aromatic N) is 2. The molecule has 0 unspecified atom stereocenters. The molecule has 1 aliphatic heterocycles. The SMILES string of the molecule is CC(=O)Oc1nccc(B2OC(C)(C)C(C)(C)O2)n1. The molecule has 102 valence electrons. The van der Waals surface area contributed by atoms with Gasteiger partial charge in [0, 0.05) is 13.1 Å². The highest BCUT2D eigenvalue weighted by Crippen LogP contribution is 2.36. The first-order valence-corrected chi connectivity index (χ1v) is 6.08. The zero-order valence-electron chi connectivity index (χ0n) is 11.8. The van der Waals surface area contributed by atoms with Crippen LogP contribution in [0.1, 0.15) is 34.6 Å². The monoisotopic (exact) mass is 264 g/mol. The second kappa shape index (κ2) is 4.57. The molecule has 1 fully saturated rings. The van der Waals surface area contributed by atoms with Crippen LogP contribution in [-0.4, -0.2) is 34.3 Å². The minimum atomic E-state index is -0.595. The summed E-state index contributed by atoms with van der Waals surface area (Å²) in [6.07, 6.45) is 1.51. The van der Waals surface area contributed by atoms with Gasteiger partial charge in [-0.15, -0.1) is 0 Å². The fourth-order valence-electron chi connectivity index (χ4n) is 1.63. The maximum Gasteiger partial charge on any atom is 0.514 e. The molecular weight excluding hydrogens is 247 g/mol. The van der Waals surface area contributed by atoms with Crippen molar-refractivity contribution < 1.29 is 18.8 Å². The lowest BCUT2D eigenvalue weighted by Gasteiger charge is -2.32. The van der Waals surface area contributed by atoms with E-state index in [9.17, 15) is 4.79 Å². The summed E-state index contributed by atoms with van der Waals surface area (Å²) in [5.41, 5.74) is -0.348. The van der Waals surface area contributed by atoms with E-state index < -0.39 is 24.3 Å². The van der Waals surface area contributed by atoms with E-state index in [4.69, 9.17) is 14.0 Å². The van der Waals surface area contributed by atoms with Gasteiger partial charge in [-0.05, 0) is 33.8 Å². The third kappa shape index (κ3) is 2.77. The van der Waals surface area contributed by atoms with Crippen LogP contribution in [0.15, 0.2) is 12.3 Å². The molecule has 19 heavy (non-hydrogen) atoms. The zero-order chi connectivity index (χ0) is 14.3. The number of carbonyl (C=O) groups is 1. The van der Waals surface area contributed by atoms with Crippen LogP contribution in [0.5, 0.6) is 6.01 Å². The van der Waals surface area contributed by atoms with Gasteiger partial charge in [0.15, 0.2) is 0 Å². The summed E-state index contributed by atoms with van der Waals surface area (Å²) >= 11 is 0. The van der Waals surface area contributed by atoms with Gasteiger partial charge in [0.2, 0.25) is 0 Å². The Morgan fingerprint density at radius 2 is 1.84 bits per heavy atom. The molecule has 2 rings (SSSR count). The Balaban J connectivity index is 2.22. The lowest BCUT2D eigenvalue weighted by atomic mass is 9.85. The highest BCUT2D eigenvalue weighted by Gasteiger charge is 2.52. The molecule has 0 radical (unpaired) electrons. The minimum Gasteiger partial charge on any atom is -0.398 e. The normalized spacial score (nSPS) is 20.4. The second-order valence-corrected chi connectivity index (χ2v) is 5.45. The molecule has 0 spiro atoms. The van der Waals surface area contributed by atoms with Crippen molar-refractivity contribution >= 4 is 18.7 Å². The van der Waals surface area contributed by atoms with Crippen LogP contribution in [-0.2, 0) is 14.1 Å². The molecule has 0 atom stereocenters. The lowest BCUT2D eigenvalue weighted by molar-refractivity contribution is -0.132. The summed E-state index contributed by atoms with van der Waals surface area (Å²) in [5, 5.41) is 0. The van der Waals surface area contributed by atoms with E-state index in [1.54, 1.807) is 6.07 Å². The van der Waals surface area contributed by atoms with Crippen LogP contribution in [0.2, 0.25) is 0 Å². The first-order valence-electron chi connectivity index (χ1n) is 6.08. The summed E-state index contributed by atoms with van der Waals surface area (Å²) in [4.78, 5) is 18.9. The van der Waals surface area contributed by atoms with Crippen molar-refractivity contribution in [3.05, 3.63) is 12.3 Å². The fraction of sp³-hybridized carbons (Fsp3) is 0.583. The standard InChI is InChI=1S/C12H17BN2O4/c1-8(16)17-10-14-7-6-9(15-10)13-18-11(2,3)12(4,5)19-13/h6-7H,1-5H3. The van der Waals surface area contributed by atoms with Crippen LogP contribution in [0, 0.1) is 0 Å². The molecule has 0 aromatic carbocycles. The zero-order valence-corrected chi connectivity index (χ0v) is 11.8.